The summed E-state index contributed by atoms with van der Waals surface area (Å²) in [6, 6.07) is 16.5. The van der Waals surface area contributed by atoms with Gasteiger partial charge in [-0.25, -0.2) is 9.97 Å². The number of fused-ring (bicyclic) bond motifs is 3. The highest BCUT2D eigenvalue weighted by Crippen LogP contribution is 2.48. The molecule has 0 saturated carbocycles. The third-order valence-corrected chi connectivity index (χ3v) is 8.40. The van der Waals surface area contributed by atoms with Crippen LogP contribution in [0.1, 0.15) is 51.3 Å². The lowest BCUT2D eigenvalue weighted by Gasteiger charge is -2.30. The van der Waals surface area contributed by atoms with Gasteiger partial charge >= 0.3 is 0 Å². The van der Waals surface area contributed by atoms with E-state index in [9.17, 15) is 9.59 Å². The number of hydrogen-bond donors (Lipinski definition) is 0. The molecule has 2 heterocycles. The van der Waals surface area contributed by atoms with E-state index in [1.807, 2.05) is 43.3 Å². The normalized spacial score (nSPS) is 19.0. The van der Waals surface area contributed by atoms with Gasteiger partial charge < -0.3 is 0 Å². The third kappa shape index (κ3) is 4.62. The van der Waals surface area contributed by atoms with E-state index in [0.717, 1.165) is 44.6 Å². The number of rotatable bonds is 3. The van der Waals surface area contributed by atoms with E-state index in [-0.39, 0.29) is 23.2 Å². The summed E-state index contributed by atoms with van der Waals surface area (Å²) in [5.41, 5.74) is 9.02. The van der Waals surface area contributed by atoms with Gasteiger partial charge in [-0.2, -0.15) is 0 Å². The van der Waals surface area contributed by atoms with Crippen LogP contribution in [0.3, 0.4) is 0 Å². The molecule has 1 aromatic heterocycles. The van der Waals surface area contributed by atoms with Crippen LogP contribution in [-0.4, -0.2) is 35.4 Å². The van der Waals surface area contributed by atoms with Gasteiger partial charge in [0.1, 0.15) is 19.7 Å². The molecule has 1 aliphatic heterocycles. The van der Waals surface area contributed by atoms with Crippen LogP contribution in [0.25, 0.3) is 11.0 Å². The van der Waals surface area contributed by atoms with Crippen molar-refractivity contribution in [3.05, 3.63) is 129 Å². The Kier molecular flexibility index (Phi) is 6.67. The van der Waals surface area contributed by atoms with Crippen LogP contribution in [0.5, 0.6) is 0 Å². The van der Waals surface area contributed by atoms with Gasteiger partial charge in [-0.3, -0.25) is 19.4 Å². The first-order valence-electron chi connectivity index (χ1n) is 14.8. The maximum Gasteiger partial charge on any atom is 0.197 e. The average molecular weight is 584 g/mol. The van der Waals surface area contributed by atoms with E-state index in [4.69, 9.17) is 17.8 Å². The van der Waals surface area contributed by atoms with Gasteiger partial charge in [-0.05, 0) is 87.3 Å². The molecular weight excluding hydrogens is 555 g/mol. The zero-order valence-electron chi connectivity index (χ0n) is 25.8. The summed E-state index contributed by atoms with van der Waals surface area (Å²) < 4.78 is 0. The molecule has 0 saturated heterocycles. The first-order valence-corrected chi connectivity index (χ1v) is 14.8. The van der Waals surface area contributed by atoms with E-state index in [1.165, 1.54) is 0 Å². The van der Waals surface area contributed by atoms with E-state index in [2.05, 4.69) is 67.5 Å². The largest absolute Gasteiger partial charge is 0.290 e. The summed E-state index contributed by atoms with van der Waals surface area (Å²) in [7, 11) is 5.96. The Morgan fingerprint density at radius 3 is 2.20 bits per heavy atom. The number of carbonyl (C=O) groups is 2. The zero-order valence-corrected chi connectivity index (χ0v) is 25.8. The van der Waals surface area contributed by atoms with E-state index >= 15 is 0 Å². The number of nitrogens with zero attached hydrogens (tertiary/aromatic N) is 4. The number of anilines is 3. The van der Waals surface area contributed by atoms with Crippen molar-refractivity contribution in [2.45, 2.75) is 40.7 Å². The van der Waals surface area contributed by atoms with Crippen LogP contribution in [0, 0.1) is 32.6 Å². The topological polar surface area (TPSA) is 66.4 Å². The Labute approximate surface area is 263 Å². The van der Waals surface area contributed by atoms with Gasteiger partial charge in [0.25, 0.3) is 0 Å². The molecule has 1 unspecified atom stereocenters. The summed E-state index contributed by atoms with van der Waals surface area (Å²) in [5.74, 6) is 7.96. The quantitative estimate of drug-likeness (QED) is 0.120. The van der Waals surface area contributed by atoms with Crippen molar-refractivity contribution in [3.63, 3.8) is 0 Å². The Hall–Kier alpha value is -5.48. The molecule has 3 aromatic carbocycles. The second-order valence-corrected chi connectivity index (χ2v) is 11.8. The van der Waals surface area contributed by atoms with Crippen molar-refractivity contribution in [3.8, 4) is 11.8 Å². The number of Topliss-reactive ketones (excluding diaryl/α,β-unsaturated/α-hetero) is 2. The highest BCUT2D eigenvalue weighted by atomic mass is 16.2. The monoisotopic (exact) mass is 584 g/mol. The van der Waals surface area contributed by atoms with Crippen molar-refractivity contribution >= 4 is 53.2 Å². The number of para-hydroxylation sites is 2. The van der Waals surface area contributed by atoms with E-state index < -0.39 is 0 Å². The molecule has 45 heavy (non-hydrogen) atoms. The minimum atomic E-state index is -0.388. The molecule has 0 spiro atoms. The number of benzene rings is 3. The second-order valence-electron chi connectivity index (χ2n) is 11.8. The predicted molar refractivity (Wildman–Crippen MR) is 181 cm³/mol. The van der Waals surface area contributed by atoms with Gasteiger partial charge in [-0.15, -0.1) is 0 Å². The Bertz CT molecular complexity index is 2170. The maximum absolute atomic E-state index is 13.5. The number of ketones is 2. The fourth-order valence-electron chi connectivity index (χ4n) is 6.52. The molecule has 7 rings (SSSR count). The van der Waals surface area contributed by atoms with Crippen molar-refractivity contribution in [1.29, 1.82) is 0 Å². The molecule has 216 valence electrons. The summed E-state index contributed by atoms with van der Waals surface area (Å²) in [5, 5.41) is 0. The minimum absolute atomic E-state index is 0.0825. The summed E-state index contributed by atoms with van der Waals surface area (Å²) in [4.78, 5) is 41.4. The lowest BCUT2D eigenvalue weighted by molar-refractivity contribution is 0.0988. The van der Waals surface area contributed by atoms with E-state index in [0.29, 0.717) is 34.0 Å². The van der Waals surface area contributed by atoms with Crippen LogP contribution in [0.4, 0.5) is 17.3 Å². The number of carbonyl (C=O) groups excluding carboxylic acids is 2. The van der Waals surface area contributed by atoms with Gasteiger partial charge in [0.2, 0.25) is 0 Å². The fourth-order valence-corrected chi connectivity index (χ4v) is 6.52. The molecular formula is C38H29BN4O2. The number of aromatic nitrogens is 2. The molecule has 7 heteroatoms. The smallest absolute Gasteiger partial charge is 0.197 e. The molecule has 0 amide bonds. The minimum Gasteiger partial charge on any atom is -0.290 e. The van der Waals surface area contributed by atoms with E-state index in [1.54, 1.807) is 24.3 Å². The first kappa shape index (κ1) is 28.3. The lowest BCUT2D eigenvalue weighted by atomic mass is 9.93. The number of aryl methyl sites for hydroxylation is 3. The standard InChI is InChI=1S/C38H29BN4O2/c1-21-9-8-12-32(23(3)17-21)42-33(16-15-28-35(44)27-14-13-26(39)20-29(27)36(28)45)43(34-24(4)18-22(2)19-25(34)5)38-37(42)40-30-10-6-7-11-31(30)41-38/h6-7,9-11,13-20,32H,1-5H3/b28-15+,33-16+. The van der Waals surface area contributed by atoms with Crippen LogP contribution < -0.4 is 15.3 Å². The molecule has 2 aliphatic carbocycles. The van der Waals surface area contributed by atoms with Crippen molar-refractivity contribution in [2.75, 3.05) is 9.80 Å². The SMILES string of the molecule is [B]c1ccc2c(c1)C(=O)/C(=C/C=C1/N(c3c(C)cc(C)cc3C)c3nc4ccccc4nc3N1C1C#CC=C(C)C=C1C)C2=O. The molecule has 6 nitrogen and oxygen atoms in total. The first-order chi connectivity index (χ1) is 21.6. The molecule has 3 aliphatic rings. The van der Waals surface area contributed by atoms with Gasteiger partial charge in [0.05, 0.1) is 22.3 Å². The highest BCUT2D eigenvalue weighted by Gasteiger charge is 2.41. The fraction of sp³-hybridized carbons (Fsp3) is 0.158. The van der Waals surface area contributed by atoms with Crippen molar-refractivity contribution < 1.29 is 9.59 Å². The zero-order chi connectivity index (χ0) is 31.6. The van der Waals surface area contributed by atoms with Gasteiger partial charge in [-0.1, -0.05) is 71.4 Å². The van der Waals surface area contributed by atoms with Crippen molar-refractivity contribution in [1.82, 2.24) is 9.97 Å². The third-order valence-electron chi connectivity index (χ3n) is 8.40. The summed E-state index contributed by atoms with van der Waals surface area (Å²) >= 11 is 0. The molecule has 0 fully saturated rings. The summed E-state index contributed by atoms with van der Waals surface area (Å²) in [6.07, 6.45) is 7.46. The van der Waals surface area contributed by atoms with Crippen molar-refractivity contribution in [2.24, 2.45) is 0 Å². The Balaban J connectivity index is 1.51. The molecule has 4 aromatic rings. The van der Waals surface area contributed by atoms with Crippen LogP contribution >= 0.6 is 0 Å². The molecule has 1 atom stereocenters. The maximum atomic E-state index is 13.5. The van der Waals surface area contributed by atoms with Crippen LogP contribution in [-0.2, 0) is 0 Å². The summed E-state index contributed by atoms with van der Waals surface area (Å²) in [6.45, 7) is 10.3. The average Bonchev–Trinajstić information content (AvgIpc) is 3.33. The Morgan fingerprint density at radius 2 is 1.49 bits per heavy atom. The lowest BCUT2D eigenvalue weighted by Crippen LogP contribution is -2.36. The number of hydrogen-bond acceptors (Lipinski definition) is 6. The molecule has 0 N–H and O–H groups in total. The van der Waals surface area contributed by atoms with Crippen LogP contribution in [0.15, 0.2) is 101 Å². The highest BCUT2D eigenvalue weighted by molar-refractivity contribution is 6.41. The number of allylic oxidation sites excluding steroid dienone is 6. The molecule has 0 bridgehead atoms. The van der Waals surface area contributed by atoms with Crippen LogP contribution in [0.2, 0.25) is 0 Å². The predicted octanol–water partition coefficient (Wildman–Crippen LogP) is 6.43. The van der Waals surface area contributed by atoms with Gasteiger partial charge in [0, 0.05) is 11.1 Å². The Morgan fingerprint density at radius 1 is 0.822 bits per heavy atom. The van der Waals surface area contributed by atoms with Gasteiger partial charge in [0.15, 0.2) is 23.2 Å². The molecule has 2 radical (unpaired) electrons. The second kappa shape index (κ2) is 10.6.